The molecule has 98 valence electrons. The number of hydrogen-bond donors (Lipinski definition) is 1. The maximum atomic E-state index is 11.8. The van der Waals surface area contributed by atoms with E-state index >= 15 is 0 Å². The molecule has 0 aliphatic rings. The van der Waals surface area contributed by atoms with E-state index in [0.717, 1.165) is 25.7 Å². The monoisotopic (exact) mass is 279 g/mol. The molecule has 0 radical (unpaired) electrons. The number of rotatable bonds is 7. The van der Waals surface area contributed by atoms with E-state index in [1.54, 1.807) is 7.05 Å². The Morgan fingerprint density at radius 2 is 2.12 bits per heavy atom. The highest BCUT2D eigenvalue weighted by Gasteiger charge is 2.21. The number of imidazole rings is 1. The van der Waals surface area contributed by atoms with E-state index in [4.69, 9.17) is 11.6 Å². The van der Waals surface area contributed by atoms with Gasteiger partial charge in [-0.2, -0.15) is 0 Å². The summed E-state index contributed by atoms with van der Waals surface area (Å²) in [4.78, 5) is 3.78. The van der Waals surface area contributed by atoms with E-state index in [-0.39, 0.29) is 10.2 Å². The second-order valence-electron chi connectivity index (χ2n) is 3.91. The van der Waals surface area contributed by atoms with Gasteiger partial charge < -0.3 is 4.57 Å². The Morgan fingerprint density at radius 1 is 1.41 bits per heavy atom. The number of unbranched alkanes of at least 4 members (excludes halogenated alkanes) is 3. The molecule has 0 atom stereocenters. The van der Waals surface area contributed by atoms with Crippen LogP contribution in [-0.2, 0) is 17.1 Å². The van der Waals surface area contributed by atoms with E-state index < -0.39 is 10.0 Å². The number of halogens is 1. The van der Waals surface area contributed by atoms with Crippen LogP contribution >= 0.6 is 11.6 Å². The van der Waals surface area contributed by atoms with Gasteiger partial charge in [-0.05, 0) is 6.42 Å². The molecule has 1 aromatic rings. The number of sulfonamides is 1. The fourth-order valence-electron chi connectivity index (χ4n) is 1.40. The van der Waals surface area contributed by atoms with Gasteiger partial charge in [0.25, 0.3) is 10.0 Å². The van der Waals surface area contributed by atoms with Crippen LogP contribution in [0.4, 0.5) is 0 Å². The van der Waals surface area contributed by atoms with Gasteiger partial charge >= 0.3 is 0 Å². The zero-order valence-corrected chi connectivity index (χ0v) is 11.7. The summed E-state index contributed by atoms with van der Waals surface area (Å²) in [5.41, 5.74) is 0. The second-order valence-corrected chi connectivity index (χ2v) is 5.95. The minimum absolute atomic E-state index is 0.0999. The lowest BCUT2D eigenvalue weighted by Gasteiger charge is -2.04. The van der Waals surface area contributed by atoms with Crippen molar-refractivity contribution in [1.29, 1.82) is 0 Å². The quantitative estimate of drug-likeness (QED) is 0.776. The van der Waals surface area contributed by atoms with Crippen molar-refractivity contribution in [3.05, 3.63) is 11.5 Å². The Hall–Kier alpha value is -0.590. The van der Waals surface area contributed by atoms with Crippen LogP contribution in [0.15, 0.2) is 11.4 Å². The van der Waals surface area contributed by atoms with Crippen LogP contribution in [0.3, 0.4) is 0 Å². The zero-order valence-electron chi connectivity index (χ0n) is 10.1. The van der Waals surface area contributed by atoms with Crippen LogP contribution in [0.25, 0.3) is 0 Å². The van der Waals surface area contributed by atoms with Gasteiger partial charge in [0, 0.05) is 13.6 Å². The van der Waals surface area contributed by atoms with Crippen molar-refractivity contribution in [2.24, 2.45) is 7.05 Å². The number of nitrogens with one attached hydrogen (secondary N) is 1. The van der Waals surface area contributed by atoms with Crippen molar-refractivity contribution in [2.45, 2.75) is 37.6 Å². The largest absolute Gasteiger partial charge is 0.324 e. The maximum Gasteiger partial charge on any atom is 0.261 e. The molecule has 0 saturated carbocycles. The summed E-state index contributed by atoms with van der Waals surface area (Å²) >= 11 is 5.84. The molecular formula is C10H18ClN3O2S. The van der Waals surface area contributed by atoms with E-state index in [1.165, 1.54) is 10.9 Å². The molecule has 0 saturated heterocycles. The summed E-state index contributed by atoms with van der Waals surface area (Å²) in [6.45, 7) is 2.53. The Labute approximate surface area is 107 Å². The molecule has 0 amide bonds. The van der Waals surface area contributed by atoms with Crippen LogP contribution < -0.4 is 4.72 Å². The highest BCUT2D eigenvalue weighted by Crippen LogP contribution is 2.18. The Balaban J connectivity index is 2.55. The molecule has 0 unspecified atom stereocenters. The molecule has 0 bridgehead atoms. The van der Waals surface area contributed by atoms with Crippen LogP contribution in [0.1, 0.15) is 32.6 Å². The summed E-state index contributed by atoms with van der Waals surface area (Å²) in [5.74, 6) is 0. The summed E-state index contributed by atoms with van der Waals surface area (Å²) in [5, 5.41) is 0.0308. The highest BCUT2D eigenvalue weighted by atomic mass is 35.5. The number of hydrogen-bond acceptors (Lipinski definition) is 3. The van der Waals surface area contributed by atoms with Crippen molar-refractivity contribution in [3.8, 4) is 0 Å². The average Bonchev–Trinajstić information content (AvgIpc) is 2.60. The zero-order chi connectivity index (χ0) is 12.9. The van der Waals surface area contributed by atoms with Crippen LogP contribution in [0.2, 0.25) is 5.15 Å². The first-order valence-corrected chi connectivity index (χ1v) is 7.51. The van der Waals surface area contributed by atoms with E-state index in [0.29, 0.717) is 6.54 Å². The number of nitrogens with zero attached hydrogens (tertiary/aromatic N) is 2. The molecule has 0 aliphatic heterocycles. The molecule has 0 spiro atoms. The topological polar surface area (TPSA) is 64.0 Å². The SMILES string of the molecule is CCCCCCNS(=O)(=O)c1ncn(C)c1Cl. The lowest BCUT2D eigenvalue weighted by atomic mass is 10.2. The summed E-state index contributed by atoms with van der Waals surface area (Å²) in [6.07, 6.45) is 5.48. The summed E-state index contributed by atoms with van der Waals surface area (Å²) in [6, 6.07) is 0. The minimum Gasteiger partial charge on any atom is -0.324 e. The lowest BCUT2D eigenvalue weighted by molar-refractivity contribution is 0.570. The maximum absolute atomic E-state index is 11.8. The molecule has 0 aromatic carbocycles. The van der Waals surface area contributed by atoms with Gasteiger partial charge in [0.15, 0.2) is 0 Å². The third-order valence-electron chi connectivity index (χ3n) is 2.41. The predicted molar refractivity (Wildman–Crippen MR) is 67.5 cm³/mol. The van der Waals surface area contributed by atoms with Gasteiger partial charge in [0.2, 0.25) is 5.03 Å². The summed E-state index contributed by atoms with van der Waals surface area (Å²) in [7, 11) is -1.92. The Bertz CT molecular complexity index is 456. The second kappa shape index (κ2) is 6.37. The van der Waals surface area contributed by atoms with Crippen molar-refractivity contribution >= 4 is 21.6 Å². The fourth-order valence-corrected chi connectivity index (χ4v) is 2.90. The molecule has 1 heterocycles. The highest BCUT2D eigenvalue weighted by molar-refractivity contribution is 7.89. The van der Waals surface area contributed by atoms with Crippen LogP contribution in [-0.4, -0.2) is 24.5 Å². The van der Waals surface area contributed by atoms with Crippen molar-refractivity contribution in [2.75, 3.05) is 6.54 Å². The van der Waals surface area contributed by atoms with Crippen molar-refractivity contribution in [3.63, 3.8) is 0 Å². The number of aromatic nitrogens is 2. The molecule has 1 aromatic heterocycles. The first-order valence-electron chi connectivity index (χ1n) is 5.65. The van der Waals surface area contributed by atoms with Crippen molar-refractivity contribution < 1.29 is 8.42 Å². The lowest BCUT2D eigenvalue weighted by Crippen LogP contribution is -2.25. The van der Waals surface area contributed by atoms with E-state index in [1.807, 2.05) is 0 Å². The standard InChI is InChI=1S/C10H18ClN3O2S/c1-3-4-5-6-7-13-17(15,16)10-9(11)14(2)8-12-10/h8,13H,3-7H2,1-2H3. The molecule has 0 fully saturated rings. The molecule has 5 nitrogen and oxygen atoms in total. The predicted octanol–water partition coefficient (Wildman–Crippen LogP) is 1.93. The molecular weight excluding hydrogens is 262 g/mol. The molecule has 0 aliphatic carbocycles. The Kier molecular flexibility index (Phi) is 5.42. The van der Waals surface area contributed by atoms with E-state index in [2.05, 4.69) is 16.6 Å². The van der Waals surface area contributed by atoms with Crippen LogP contribution in [0.5, 0.6) is 0 Å². The van der Waals surface area contributed by atoms with Gasteiger partial charge in [-0.3, -0.25) is 0 Å². The minimum atomic E-state index is -3.57. The van der Waals surface area contributed by atoms with Gasteiger partial charge in [0.05, 0.1) is 6.33 Å². The third-order valence-corrected chi connectivity index (χ3v) is 4.36. The first kappa shape index (κ1) is 14.5. The normalized spacial score (nSPS) is 11.9. The van der Waals surface area contributed by atoms with Gasteiger partial charge in [0.1, 0.15) is 5.15 Å². The fraction of sp³-hybridized carbons (Fsp3) is 0.700. The smallest absolute Gasteiger partial charge is 0.261 e. The van der Waals surface area contributed by atoms with Gasteiger partial charge in [-0.1, -0.05) is 37.8 Å². The Morgan fingerprint density at radius 3 is 2.65 bits per heavy atom. The van der Waals surface area contributed by atoms with Gasteiger partial charge in [-0.15, -0.1) is 0 Å². The number of aryl methyl sites for hydroxylation is 1. The first-order chi connectivity index (χ1) is 7.99. The third kappa shape index (κ3) is 3.97. The van der Waals surface area contributed by atoms with Gasteiger partial charge in [-0.25, -0.2) is 18.1 Å². The average molecular weight is 280 g/mol. The van der Waals surface area contributed by atoms with E-state index in [9.17, 15) is 8.42 Å². The van der Waals surface area contributed by atoms with Crippen molar-refractivity contribution in [1.82, 2.24) is 14.3 Å². The molecule has 1 N–H and O–H groups in total. The molecule has 17 heavy (non-hydrogen) atoms. The molecule has 1 rings (SSSR count). The summed E-state index contributed by atoms with van der Waals surface area (Å²) < 4.78 is 27.6. The molecule has 7 heteroatoms. The van der Waals surface area contributed by atoms with Crippen LogP contribution in [0, 0.1) is 0 Å².